The van der Waals surface area contributed by atoms with Crippen LogP contribution in [0.1, 0.15) is 30.6 Å². The maximum Gasteiger partial charge on any atom is 0.331 e. The molecule has 0 spiro atoms. The van der Waals surface area contributed by atoms with Gasteiger partial charge in [0.05, 0.1) is 12.2 Å². The minimum Gasteiger partial charge on any atom is -0.343 e. The van der Waals surface area contributed by atoms with E-state index in [0.29, 0.717) is 36.2 Å². The fourth-order valence-electron chi connectivity index (χ4n) is 3.84. The molecular formula is C23H26BrN3O3. The quantitative estimate of drug-likeness (QED) is 0.721. The van der Waals surface area contributed by atoms with Crippen LogP contribution in [0, 0.1) is 11.8 Å². The van der Waals surface area contributed by atoms with Gasteiger partial charge in [-0.3, -0.25) is 9.59 Å². The number of anilines is 1. The first-order valence-corrected chi connectivity index (χ1v) is 10.8. The normalized spacial score (nSPS) is 18.6. The van der Waals surface area contributed by atoms with E-state index in [4.69, 9.17) is 0 Å². The minimum absolute atomic E-state index is 0.269. The Morgan fingerprint density at radius 1 is 1.00 bits per heavy atom. The van der Waals surface area contributed by atoms with Gasteiger partial charge in [-0.2, -0.15) is 0 Å². The number of hydrogen-bond donors (Lipinski definition) is 1. The molecule has 0 aliphatic carbocycles. The molecule has 0 radical (unpaired) electrons. The molecule has 0 aromatic heterocycles. The van der Waals surface area contributed by atoms with Crippen molar-refractivity contribution in [3.8, 4) is 0 Å². The van der Waals surface area contributed by atoms with E-state index in [9.17, 15) is 14.4 Å². The second kappa shape index (κ2) is 9.89. The average Bonchev–Trinajstić information content (AvgIpc) is 2.73. The van der Waals surface area contributed by atoms with Gasteiger partial charge in [0.25, 0.3) is 11.8 Å². The van der Waals surface area contributed by atoms with Gasteiger partial charge in [-0.1, -0.05) is 48.0 Å². The lowest BCUT2D eigenvalue weighted by molar-refractivity contribution is -0.117. The smallest absolute Gasteiger partial charge is 0.331 e. The van der Waals surface area contributed by atoms with Crippen LogP contribution in [-0.4, -0.2) is 42.4 Å². The molecular weight excluding hydrogens is 446 g/mol. The van der Waals surface area contributed by atoms with E-state index in [-0.39, 0.29) is 18.5 Å². The molecule has 0 bridgehead atoms. The van der Waals surface area contributed by atoms with Gasteiger partial charge < -0.3 is 10.2 Å². The number of carbonyl (C=O) groups excluding carboxylic acids is 3. The van der Waals surface area contributed by atoms with E-state index in [0.717, 1.165) is 10.9 Å². The molecule has 0 unspecified atom stereocenters. The number of rotatable bonds is 4. The van der Waals surface area contributed by atoms with Gasteiger partial charge in [-0.25, -0.2) is 9.69 Å². The van der Waals surface area contributed by atoms with Crippen LogP contribution < -0.4 is 10.2 Å². The maximum absolute atomic E-state index is 13.3. The van der Waals surface area contributed by atoms with Crippen molar-refractivity contribution in [1.29, 1.82) is 0 Å². The van der Waals surface area contributed by atoms with Gasteiger partial charge in [0.15, 0.2) is 0 Å². The second-order valence-electron chi connectivity index (χ2n) is 7.89. The second-order valence-corrected chi connectivity index (χ2v) is 8.80. The Balaban J connectivity index is 1.78. The predicted molar refractivity (Wildman–Crippen MR) is 120 cm³/mol. The number of urea groups is 1. The third-order valence-corrected chi connectivity index (χ3v) is 5.63. The number of piperidine rings is 1. The third-order valence-electron chi connectivity index (χ3n) is 5.10. The molecule has 1 fully saturated rings. The largest absolute Gasteiger partial charge is 0.343 e. The summed E-state index contributed by atoms with van der Waals surface area (Å²) in [6.45, 7) is 5.18. The van der Waals surface area contributed by atoms with E-state index >= 15 is 0 Å². The van der Waals surface area contributed by atoms with Gasteiger partial charge in [-0.15, -0.1) is 0 Å². The van der Waals surface area contributed by atoms with Crippen LogP contribution in [0.25, 0.3) is 0 Å². The van der Waals surface area contributed by atoms with Gasteiger partial charge in [0, 0.05) is 23.1 Å². The van der Waals surface area contributed by atoms with Crippen molar-refractivity contribution < 1.29 is 14.4 Å². The van der Waals surface area contributed by atoms with Crippen LogP contribution >= 0.6 is 15.9 Å². The number of benzene rings is 2. The number of carbonyl (C=O) groups is 3. The predicted octanol–water partition coefficient (Wildman–Crippen LogP) is 4.31. The van der Waals surface area contributed by atoms with Crippen LogP contribution in [0.3, 0.4) is 0 Å². The number of nitrogens with one attached hydrogen (secondary N) is 1. The molecule has 1 N–H and O–H groups in total. The molecule has 1 heterocycles. The van der Waals surface area contributed by atoms with E-state index in [1.807, 2.05) is 6.07 Å². The molecule has 1 saturated heterocycles. The first-order chi connectivity index (χ1) is 14.3. The Morgan fingerprint density at radius 2 is 1.60 bits per heavy atom. The Morgan fingerprint density at radius 3 is 2.20 bits per heavy atom. The van der Waals surface area contributed by atoms with Gasteiger partial charge in [0.1, 0.15) is 0 Å². The SMILES string of the molecule is C[C@@H]1C[C@H](C)CN(C(=O)N(C(=O)CNC(=O)c2ccccc2)c2ccc(Br)cc2)C1. The Bertz CT molecular complexity index is 892. The number of hydrogen-bond acceptors (Lipinski definition) is 3. The molecule has 2 aromatic rings. The molecule has 0 saturated carbocycles. The lowest BCUT2D eigenvalue weighted by Crippen LogP contribution is -2.53. The van der Waals surface area contributed by atoms with E-state index in [1.165, 1.54) is 4.90 Å². The van der Waals surface area contributed by atoms with Gasteiger partial charge in [0.2, 0.25) is 0 Å². The standard InChI is InChI=1S/C23H26BrN3O3/c1-16-12-17(2)15-26(14-16)23(30)27(20-10-8-19(24)9-11-20)21(28)13-25-22(29)18-6-4-3-5-7-18/h3-11,16-17H,12-15H2,1-2H3,(H,25,29)/t16-,17+. The van der Waals surface area contributed by atoms with Crippen molar-refractivity contribution in [2.75, 3.05) is 24.5 Å². The van der Waals surface area contributed by atoms with Crippen LogP contribution in [0.5, 0.6) is 0 Å². The molecule has 4 amide bonds. The van der Waals surface area contributed by atoms with E-state index in [1.54, 1.807) is 53.4 Å². The highest BCUT2D eigenvalue weighted by Gasteiger charge is 2.32. The highest BCUT2D eigenvalue weighted by atomic mass is 79.9. The zero-order valence-electron chi connectivity index (χ0n) is 17.2. The Kier molecular flexibility index (Phi) is 7.26. The molecule has 2 aromatic carbocycles. The topological polar surface area (TPSA) is 69.7 Å². The van der Waals surface area contributed by atoms with Crippen LogP contribution in [0.2, 0.25) is 0 Å². The molecule has 6 nitrogen and oxygen atoms in total. The molecule has 30 heavy (non-hydrogen) atoms. The number of halogens is 1. The first-order valence-electron chi connectivity index (χ1n) is 10.1. The lowest BCUT2D eigenvalue weighted by Gasteiger charge is -2.37. The summed E-state index contributed by atoms with van der Waals surface area (Å²) in [7, 11) is 0. The fourth-order valence-corrected chi connectivity index (χ4v) is 4.10. The Hall–Kier alpha value is -2.67. The van der Waals surface area contributed by atoms with Gasteiger partial charge >= 0.3 is 6.03 Å². The van der Waals surface area contributed by atoms with Crippen molar-refractivity contribution in [1.82, 2.24) is 10.2 Å². The third kappa shape index (κ3) is 5.48. The van der Waals surface area contributed by atoms with Crippen LogP contribution in [-0.2, 0) is 4.79 Å². The summed E-state index contributed by atoms with van der Waals surface area (Å²) in [6.07, 6.45) is 1.06. The summed E-state index contributed by atoms with van der Waals surface area (Å²) < 4.78 is 0.851. The average molecular weight is 472 g/mol. The van der Waals surface area contributed by atoms with Crippen molar-refractivity contribution in [2.24, 2.45) is 11.8 Å². The van der Waals surface area contributed by atoms with Crippen molar-refractivity contribution in [3.05, 3.63) is 64.6 Å². The molecule has 7 heteroatoms. The molecule has 3 rings (SSSR count). The van der Waals surface area contributed by atoms with Crippen LogP contribution in [0.15, 0.2) is 59.1 Å². The van der Waals surface area contributed by atoms with E-state index < -0.39 is 5.91 Å². The maximum atomic E-state index is 13.3. The lowest BCUT2D eigenvalue weighted by atomic mass is 9.92. The van der Waals surface area contributed by atoms with E-state index in [2.05, 4.69) is 35.1 Å². The molecule has 158 valence electrons. The highest BCUT2D eigenvalue weighted by Crippen LogP contribution is 2.25. The fraction of sp³-hybridized carbons (Fsp3) is 0.348. The first kappa shape index (κ1) is 22.0. The summed E-state index contributed by atoms with van der Waals surface area (Å²) in [5.74, 6) is -0.0837. The summed E-state index contributed by atoms with van der Waals surface area (Å²) >= 11 is 3.38. The number of likely N-dealkylation sites (tertiary alicyclic amines) is 1. The summed E-state index contributed by atoms with van der Waals surface area (Å²) in [6, 6.07) is 15.3. The number of imide groups is 1. The summed E-state index contributed by atoms with van der Waals surface area (Å²) in [5.41, 5.74) is 0.943. The van der Waals surface area contributed by atoms with Gasteiger partial charge in [-0.05, 0) is 54.7 Å². The Labute approximate surface area is 185 Å². The molecule has 1 aliphatic rings. The number of nitrogens with zero attached hydrogens (tertiary/aromatic N) is 2. The van der Waals surface area contributed by atoms with Crippen molar-refractivity contribution in [2.45, 2.75) is 20.3 Å². The van der Waals surface area contributed by atoms with Crippen molar-refractivity contribution in [3.63, 3.8) is 0 Å². The molecule has 2 atom stereocenters. The summed E-state index contributed by atoms with van der Waals surface area (Å²) in [5, 5.41) is 2.63. The van der Waals surface area contributed by atoms with Crippen molar-refractivity contribution >= 4 is 39.5 Å². The van der Waals surface area contributed by atoms with Crippen LogP contribution in [0.4, 0.5) is 10.5 Å². The zero-order chi connectivity index (χ0) is 21.7. The highest BCUT2D eigenvalue weighted by molar-refractivity contribution is 9.10. The number of amides is 4. The molecule has 1 aliphatic heterocycles. The zero-order valence-corrected chi connectivity index (χ0v) is 18.8. The monoisotopic (exact) mass is 471 g/mol. The minimum atomic E-state index is -0.475. The summed E-state index contributed by atoms with van der Waals surface area (Å²) in [4.78, 5) is 41.6.